The molecule has 0 spiro atoms. The normalized spacial score (nSPS) is 10.7. The molecule has 0 radical (unpaired) electrons. The minimum absolute atomic E-state index is 0.0417. The van der Waals surface area contributed by atoms with E-state index in [9.17, 15) is 4.79 Å². The first kappa shape index (κ1) is 15.6. The van der Waals surface area contributed by atoms with Gasteiger partial charge >= 0.3 is 0 Å². The number of carbonyl (C=O) groups excluding carboxylic acids is 1. The summed E-state index contributed by atoms with van der Waals surface area (Å²) < 4.78 is 1.00. The van der Waals surface area contributed by atoms with Gasteiger partial charge in [-0.1, -0.05) is 12.2 Å². The summed E-state index contributed by atoms with van der Waals surface area (Å²) in [5.41, 5.74) is 6.58. The van der Waals surface area contributed by atoms with Crippen LogP contribution in [-0.2, 0) is 0 Å². The van der Waals surface area contributed by atoms with Crippen molar-refractivity contribution in [3.05, 3.63) is 20.3 Å². The first-order valence-corrected chi connectivity index (χ1v) is 7.70. The summed E-state index contributed by atoms with van der Waals surface area (Å²) in [6, 6.07) is 2.04. The molecule has 100 valence electrons. The molecular formula is C12H17BrN2OS2. The SMILES string of the molecule is Cc1cc(C(=O)N(CCC(N)=S)C(C)C)sc1Br. The van der Waals surface area contributed by atoms with E-state index in [1.807, 2.05) is 26.8 Å². The summed E-state index contributed by atoms with van der Waals surface area (Å²) in [7, 11) is 0. The van der Waals surface area contributed by atoms with Crippen molar-refractivity contribution in [2.45, 2.75) is 33.2 Å². The van der Waals surface area contributed by atoms with Gasteiger partial charge in [0.15, 0.2) is 0 Å². The quantitative estimate of drug-likeness (QED) is 0.830. The van der Waals surface area contributed by atoms with Crippen LogP contribution in [0.3, 0.4) is 0 Å². The third-order valence-electron chi connectivity index (χ3n) is 2.55. The topological polar surface area (TPSA) is 46.3 Å². The second kappa shape index (κ2) is 6.63. The van der Waals surface area contributed by atoms with Crippen LogP contribution in [0.25, 0.3) is 0 Å². The third kappa shape index (κ3) is 4.03. The summed E-state index contributed by atoms with van der Waals surface area (Å²) in [6.45, 7) is 6.53. The number of nitrogens with two attached hydrogens (primary N) is 1. The number of carbonyl (C=O) groups is 1. The Morgan fingerprint density at radius 1 is 1.61 bits per heavy atom. The van der Waals surface area contributed by atoms with Gasteiger partial charge in [-0.05, 0) is 48.3 Å². The number of amides is 1. The minimum Gasteiger partial charge on any atom is -0.393 e. The van der Waals surface area contributed by atoms with Crippen LogP contribution in [0.1, 0.15) is 35.5 Å². The molecule has 0 atom stereocenters. The van der Waals surface area contributed by atoms with Crippen molar-refractivity contribution in [2.75, 3.05) is 6.54 Å². The smallest absolute Gasteiger partial charge is 0.264 e. The first-order chi connectivity index (χ1) is 8.32. The zero-order valence-corrected chi connectivity index (χ0v) is 13.9. The number of aryl methyl sites for hydroxylation is 1. The van der Waals surface area contributed by atoms with Crippen molar-refractivity contribution >= 4 is 50.4 Å². The number of halogens is 1. The van der Waals surface area contributed by atoms with Crippen LogP contribution in [0.15, 0.2) is 9.85 Å². The lowest BCUT2D eigenvalue weighted by atomic mass is 10.2. The highest BCUT2D eigenvalue weighted by molar-refractivity contribution is 9.11. The number of hydrogen-bond donors (Lipinski definition) is 1. The Balaban J connectivity index is 2.85. The lowest BCUT2D eigenvalue weighted by molar-refractivity contribution is 0.0716. The number of hydrogen-bond acceptors (Lipinski definition) is 3. The molecule has 1 aromatic rings. The van der Waals surface area contributed by atoms with Crippen molar-refractivity contribution < 1.29 is 4.79 Å². The zero-order valence-electron chi connectivity index (χ0n) is 10.7. The molecule has 1 aromatic heterocycles. The highest BCUT2D eigenvalue weighted by Gasteiger charge is 2.21. The van der Waals surface area contributed by atoms with Crippen LogP contribution in [0.2, 0.25) is 0 Å². The van der Waals surface area contributed by atoms with Gasteiger partial charge < -0.3 is 10.6 Å². The minimum atomic E-state index is 0.0417. The number of nitrogens with zero attached hydrogens (tertiary/aromatic N) is 1. The molecule has 0 aliphatic rings. The Kier molecular flexibility index (Phi) is 5.75. The second-order valence-corrected chi connectivity index (χ2v) is 7.27. The predicted octanol–water partition coefficient (Wildman–Crippen LogP) is 3.35. The number of thiophene rings is 1. The lowest BCUT2D eigenvalue weighted by Crippen LogP contribution is -2.38. The van der Waals surface area contributed by atoms with E-state index in [4.69, 9.17) is 18.0 Å². The molecule has 18 heavy (non-hydrogen) atoms. The zero-order chi connectivity index (χ0) is 13.9. The monoisotopic (exact) mass is 348 g/mol. The maximum Gasteiger partial charge on any atom is 0.264 e. The average Bonchev–Trinajstić information content (AvgIpc) is 2.58. The van der Waals surface area contributed by atoms with Gasteiger partial charge in [0.1, 0.15) is 0 Å². The van der Waals surface area contributed by atoms with Crippen LogP contribution in [0.4, 0.5) is 0 Å². The molecule has 2 N–H and O–H groups in total. The van der Waals surface area contributed by atoms with E-state index in [-0.39, 0.29) is 11.9 Å². The molecule has 1 amide bonds. The van der Waals surface area contributed by atoms with Gasteiger partial charge in [0.2, 0.25) is 0 Å². The molecule has 1 rings (SSSR count). The fraction of sp³-hybridized carbons (Fsp3) is 0.500. The Bertz CT molecular complexity index is 437. The highest BCUT2D eigenvalue weighted by Crippen LogP contribution is 2.28. The summed E-state index contributed by atoms with van der Waals surface area (Å²) >= 11 is 9.77. The molecule has 6 heteroatoms. The van der Waals surface area contributed by atoms with E-state index >= 15 is 0 Å². The van der Waals surface area contributed by atoms with E-state index in [1.165, 1.54) is 11.3 Å². The Morgan fingerprint density at radius 3 is 2.61 bits per heavy atom. The molecule has 0 aliphatic heterocycles. The van der Waals surface area contributed by atoms with Crippen LogP contribution in [0, 0.1) is 6.92 Å². The molecule has 0 saturated heterocycles. The fourth-order valence-electron chi connectivity index (χ4n) is 1.53. The largest absolute Gasteiger partial charge is 0.393 e. The van der Waals surface area contributed by atoms with E-state index < -0.39 is 0 Å². The molecular weight excluding hydrogens is 332 g/mol. The van der Waals surface area contributed by atoms with Gasteiger partial charge in [-0.25, -0.2) is 0 Å². The second-order valence-electron chi connectivity index (χ2n) is 4.38. The van der Waals surface area contributed by atoms with Gasteiger partial charge in [0, 0.05) is 19.0 Å². The Hall–Kier alpha value is -0.460. The van der Waals surface area contributed by atoms with Crippen LogP contribution >= 0.6 is 39.5 Å². The molecule has 0 unspecified atom stereocenters. The maximum absolute atomic E-state index is 12.4. The summed E-state index contributed by atoms with van der Waals surface area (Å²) in [5.74, 6) is 0.0417. The van der Waals surface area contributed by atoms with Gasteiger partial charge in [-0.15, -0.1) is 11.3 Å². The summed E-state index contributed by atoms with van der Waals surface area (Å²) in [5, 5.41) is 0. The van der Waals surface area contributed by atoms with Gasteiger partial charge in [0.25, 0.3) is 5.91 Å². The van der Waals surface area contributed by atoms with Gasteiger partial charge in [-0.3, -0.25) is 4.79 Å². The maximum atomic E-state index is 12.4. The Morgan fingerprint density at radius 2 is 2.22 bits per heavy atom. The molecule has 0 aromatic carbocycles. The van der Waals surface area contributed by atoms with E-state index in [0.29, 0.717) is 18.0 Å². The fourth-order valence-corrected chi connectivity index (χ4v) is 3.11. The van der Waals surface area contributed by atoms with Crippen molar-refractivity contribution in [1.82, 2.24) is 4.90 Å². The predicted molar refractivity (Wildman–Crippen MR) is 84.3 cm³/mol. The molecule has 1 heterocycles. The van der Waals surface area contributed by atoms with E-state index in [0.717, 1.165) is 14.2 Å². The summed E-state index contributed by atoms with van der Waals surface area (Å²) in [4.78, 5) is 15.4. The molecule has 3 nitrogen and oxygen atoms in total. The molecule has 0 saturated carbocycles. The number of thiocarbonyl (C=S) groups is 1. The highest BCUT2D eigenvalue weighted by atomic mass is 79.9. The van der Waals surface area contributed by atoms with Crippen molar-refractivity contribution in [1.29, 1.82) is 0 Å². The lowest BCUT2D eigenvalue weighted by Gasteiger charge is -2.26. The third-order valence-corrected chi connectivity index (χ3v) is 4.88. The van der Waals surface area contributed by atoms with E-state index in [1.54, 1.807) is 4.90 Å². The van der Waals surface area contributed by atoms with Gasteiger partial charge in [0.05, 0.1) is 13.7 Å². The molecule has 0 aliphatic carbocycles. The number of rotatable bonds is 5. The van der Waals surface area contributed by atoms with Crippen LogP contribution in [-0.4, -0.2) is 28.4 Å². The van der Waals surface area contributed by atoms with E-state index in [2.05, 4.69) is 15.9 Å². The van der Waals surface area contributed by atoms with Gasteiger partial charge in [-0.2, -0.15) is 0 Å². The van der Waals surface area contributed by atoms with Crippen molar-refractivity contribution in [3.63, 3.8) is 0 Å². The van der Waals surface area contributed by atoms with Crippen molar-refractivity contribution in [3.8, 4) is 0 Å². The summed E-state index contributed by atoms with van der Waals surface area (Å²) in [6.07, 6.45) is 0.560. The average molecular weight is 349 g/mol. The molecule has 0 fully saturated rings. The van der Waals surface area contributed by atoms with Crippen molar-refractivity contribution in [2.24, 2.45) is 5.73 Å². The first-order valence-electron chi connectivity index (χ1n) is 5.68. The standard InChI is InChI=1S/C12H17BrN2OS2/c1-7(2)15(5-4-10(14)17)12(16)9-6-8(3)11(13)18-9/h6-7H,4-5H2,1-3H3,(H2,14,17). The van der Waals surface area contributed by atoms with Crippen LogP contribution < -0.4 is 5.73 Å². The molecule has 0 bridgehead atoms. The van der Waals surface area contributed by atoms with Crippen LogP contribution in [0.5, 0.6) is 0 Å². The Labute approximate surface area is 125 Å².